The SMILES string of the molecule is COC1CC(N2CC[C@H](C(C)C)C[C@H]2C)C1. The molecule has 0 aromatic heterocycles. The van der Waals surface area contributed by atoms with E-state index in [1.165, 1.54) is 32.2 Å². The normalized spacial score (nSPS) is 41.1. The van der Waals surface area contributed by atoms with Gasteiger partial charge in [0.1, 0.15) is 0 Å². The van der Waals surface area contributed by atoms with E-state index < -0.39 is 0 Å². The highest BCUT2D eigenvalue weighted by Gasteiger charge is 2.38. The lowest BCUT2D eigenvalue weighted by atomic mass is 9.79. The lowest BCUT2D eigenvalue weighted by Gasteiger charge is -2.49. The van der Waals surface area contributed by atoms with Gasteiger partial charge in [0.05, 0.1) is 6.10 Å². The highest BCUT2D eigenvalue weighted by atomic mass is 16.5. The number of hydrogen-bond acceptors (Lipinski definition) is 2. The number of likely N-dealkylation sites (tertiary alicyclic amines) is 1. The van der Waals surface area contributed by atoms with E-state index in [1.54, 1.807) is 0 Å². The van der Waals surface area contributed by atoms with Crippen molar-refractivity contribution in [2.45, 2.75) is 64.6 Å². The third kappa shape index (κ3) is 2.43. The minimum atomic E-state index is 0.542. The van der Waals surface area contributed by atoms with Crippen LogP contribution in [0.4, 0.5) is 0 Å². The van der Waals surface area contributed by atoms with Crippen LogP contribution in [0.3, 0.4) is 0 Å². The molecule has 1 heterocycles. The molecule has 2 fully saturated rings. The molecule has 2 atom stereocenters. The van der Waals surface area contributed by atoms with Crippen LogP contribution in [-0.4, -0.2) is 36.7 Å². The molecule has 2 heteroatoms. The molecule has 0 radical (unpaired) electrons. The molecule has 0 aromatic carbocycles. The van der Waals surface area contributed by atoms with Crippen LogP contribution >= 0.6 is 0 Å². The number of hydrogen-bond donors (Lipinski definition) is 0. The molecule has 0 N–H and O–H groups in total. The molecule has 0 spiro atoms. The Labute approximate surface area is 100 Å². The maximum Gasteiger partial charge on any atom is 0.0601 e. The average molecular weight is 225 g/mol. The van der Waals surface area contributed by atoms with Crippen LogP contribution in [-0.2, 0) is 4.74 Å². The molecular weight excluding hydrogens is 198 g/mol. The highest BCUT2D eigenvalue weighted by Crippen LogP contribution is 2.35. The van der Waals surface area contributed by atoms with E-state index >= 15 is 0 Å². The van der Waals surface area contributed by atoms with E-state index in [0.717, 1.165) is 23.9 Å². The van der Waals surface area contributed by atoms with Crippen LogP contribution < -0.4 is 0 Å². The van der Waals surface area contributed by atoms with Crippen molar-refractivity contribution in [2.24, 2.45) is 11.8 Å². The summed E-state index contributed by atoms with van der Waals surface area (Å²) < 4.78 is 5.38. The molecule has 2 nitrogen and oxygen atoms in total. The molecule has 0 aromatic rings. The van der Waals surface area contributed by atoms with Gasteiger partial charge >= 0.3 is 0 Å². The van der Waals surface area contributed by atoms with Gasteiger partial charge in [-0.3, -0.25) is 4.90 Å². The Morgan fingerprint density at radius 1 is 1.19 bits per heavy atom. The second kappa shape index (κ2) is 5.05. The van der Waals surface area contributed by atoms with E-state index in [4.69, 9.17) is 4.74 Å². The molecule has 1 aliphatic heterocycles. The first-order chi connectivity index (χ1) is 7.61. The standard InChI is InChI=1S/C14H27NO/c1-10(2)12-5-6-15(11(3)7-12)13-8-14(9-13)16-4/h10-14H,5-9H2,1-4H3/t11-,12+,13?,14?/m1/s1. The van der Waals surface area contributed by atoms with Crippen molar-refractivity contribution in [3.8, 4) is 0 Å². The lowest BCUT2D eigenvalue weighted by Crippen LogP contribution is -2.54. The van der Waals surface area contributed by atoms with Gasteiger partial charge in [0.15, 0.2) is 0 Å². The summed E-state index contributed by atoms with van der Waals surface area (Å²) in [6.45, 7) is 8.47. The zero-order chi connectivity index (χ0) is 11.7. The second-order valence-corrected chi connectivity index (χ2v) is 6.10. The molecule has 1 saturated carbocycles. The molecule has 1 aliphatic carbocycles. The van der Waals surface area contributed by atoms with Crippen LogP contribution in [0.1, 0.15) is 46.5 Å². The molecule has 2 rings (SSSR count). The van der Waals surface area contributed by atoms with Crippen molar-refractivity contribution in [3.63, 3.8) is 0 Å². The topological polar surface area (TPSA) is 12.5 Å². The van der Waals surface area contributed by atoms with Gasteiger partial charge in [-0.1, -0.05) is 13.8 Å². The summed E-state index contributed by atoms with van der Waals surface area (Å²) in [7, 11) is 1.84. The number of nitrogens with zero attached hydrogens (tertiary/aromatic N) is 1. The maximum atomic E-state index is 5.38. The molecule has 0 unspecified atom stereocenters. The van der Waals surface area contributed by atoms with E-state index in [2.05, 4.69) is 25.7 Å². The summed E-state index contributed by atoms with van der Waals surface area (Å²) in [5, 5.41) is 0. The first kappa shape index (κ1) is 12.4. The van der Waals surface area contributed by atoms with E-state index in [1.807, 2.05) is 7.11 Å². The zero-order valence-electron chi connectivity index (χ0n) is 11.3. The monoisotopic (exact) mass is 225 g/mol. The van der Waals surface area contributed by atoms with Crippen molar-refractivity contribution in [1.29, 1.82) is 0 Å². The van der Waals surface area contributed by atoms with Gasteiger partial charge in [-0.05, 0) is 51.0 Å². The smallest absolute Gasteiger partial charge is 0.0601 e. The summed E-state index contributed by atoms with van der Waals surface area (Å²) in [6, 6.07) is 1.59. The van der Waals surface area contributed by atoms with Crippen molar-refractivity contribution >= 4 is 0 Å². The first-order valence-corrected chi connectivity index (χ1v) is 6.90. The van der Waals surface area contributed by atoms with Crippen LogP contribution in [0.25, 0.3) is 0 Å². The molecule has 0 amide bonds. The van der Waals surface area contributed by atoms with Crippen molar-refractivity contribution in [1.82, 2.24) is 4.90 Å². The Morgan fingerprint density at radius 2 is 1.88 bits per heavy atom. The van der Waals surface area contributed by atoms with E-state index in [-0.39, 0.29) is 0 Å². The average Bonchev–Trinajstić information content (AvgIpc) is 2.18. The summed E-state index contributed by atoms with van der Waals surface area (Å²) >= 11 is 0. The van der Waals surface area contributed by atoms with E-state index in [0.29, 0.717) is 6.10 Å². The summed E-state index contributed by atoms with van der Waals surface area (Å²) in [5.41, 5.74) is 0. The number of piperidine rings is 1. The molecule has 1 saturated heterocycles. The number of methoxy groups -OCH3 is 1. The first-order valence-electron chi connectivity index (χ1n) is 6.90. The Morgan fingerprint density at radius 3 is 2.38 bits per heavy atom. The van der Waals surface area contributed by atoms with Gasteiger partial charge in [-0.25, -0.2) is 0 Å². The fourth-order valence-corrected chi connectivity index (χ4v) is 3.38. The Balaban J connectivity index is 1.81. The Kier molecular flexibility index (Phi) is 3.91. The third-order valence-corrected chi connectivity index (χ3v) is 4.78. The van der Waals surface area contributed by atoms with Gasteiger partial charge in [-0.15, -0.1) is 0 Å². The van der Waals surface area contributed by atoms with Gasteiger partial charge < -0.3 is 4.74 Å². The Bertz CT molecular complexity index is 223. The molecule has 94 valence electrons. The summed E-state index contributed by atoms with van der Waals surface area (Å²) in [6.07, 6.45) is 5.85. The molecular formula is C14H27NO. The van der Waals surface area contributed by atoms with E-state index in [9.17, 15) is 0 Å². The van der Waals surface area contributed by atoms with Gasteiger partial charge in [0.25, 0.3) is 0 Å². The predicted octanol–water partition coefficient (Wildman–Crippen LogP) is 2.92. The largest absolute Gasteiger partial charge is 0.381 e. The van der Waals surface area contributed by atoms with Crippen molar-refractivity contribution in [3.05, 3.63) is 0 Å². The van der Waals surface area contributed by atoms with Crippen LogP contribution in [0.2, 0.25) is 0 Å². The van der Waals surface area contributed by atoms with Crippen molar-refractivity contribution < 1.29 is 4.74 Å². The van der Waals surface area contributed by atoms with Crippen LogP contribution in [0.5, 0.6) is 0 Å². The zero-order valence-corrected chi connectivity index (χ0v) is 11.3. The maximum absolute atomic E-state index is 5.38. The summed E-state index contributed by atoms with van der Waals surface area (Å²) in [5.74, 6) is 1.81. The molecule has 0 bridgehead atoms. The van der Waals surface area contributed by atoms with Crippen LogP contribution in [0, 0.1) is 11.8 Å². The van der Waals surface area contributed by atoms with Gasteiger partial charge in [0.2, 0.25) is 0 Å². The fourth-order valence-electron chi connectivity index (χ4n) is 3.38. The molecule has 16 heavy (non-hydrogen) atoms. The summed E-state index contributed by atoms with van der Waals surface area (Å²) in [4.78, 5) is 2.73. The minimum Gasteiger partial charge on any atom is -0.381 e. The molecule has 2 aliphatic rings. The van der Waals surface area contributed by atoms with Gasteiger partial charge in [-0.2, -0.15) is 0 Å². The number of ether oxygens (including phenoxy) is 1. The lowest BCUT2D eigenvalue weighted by molar-refractivity contribution is -0.0548. The second-order valence-electron chi connectivity index (χ2n) is 6.10. The number of rotatable bonds is 3. The van der Waals surface area contributed by atoms with Crippen LogP contribution in [0.15, 0.2) is 0 Å². The van der Waals surface area contributed by atoms with Crippen molar-refractivity contribution in [2.75, 3.05) is 13.7 Å². The van der Waals surface area contributed by atoms with Gasteiger partial charge in [0, 0.05) is 19.2 Å². The fraction of sp³-hybridized carbons (Fsp3) is 1.00. The minimum absolute atomic E-state index is 0.542. The third-order valence-electron chi connectivity index (χ3n) is 4.78. The Hall–Kier alpha value is -0.0800. The predicted molar refractivity (Wildman–Crippen MR) is 67.5 cm³/mol. The quantitative estimate of drug-likeness (QED) is 0.732. The highest BCUT2D eigenvalue weighted by molar-refractivity contribution is 4.93.